The average molecular weight is 1350 g/mol. The molecule has 12 rings (SSSR count). The third kappa shape index (κ3) is 15.5. The van der Waals surface area contributed by atoms with Crippen molar-refractivity contribution in [3.8, 4) is 0 Å². The Kier molecular flexibility index (Phi) is 23.2. The van der Waals surface area contributed by atoms with Crippen LogP contribution in [0.4, 0.5) is 22.7 Å². The maximum atomic E-state index is 13.0. The van der Waals surface area contributed by atoms with Gasteiger partial charge in [0.2, 0.25) is 11.8 Å². The number of aryl methyl sites for hydroxylation is 6. The van der Waals surface area contributed by atoms with Crippen molar-refractivity contribution in [3.05, 3.63) is 210 Å². The molecule has 8 aromatic rings. The number of carbonyl (C=O) groups excluding carboxylic acids is 8. The van der Waals surface area contributed by atoms with E-state index < -0.39 is 5.97 Å². The number of carbonyl (C=O) groups is 9. The van der Waals surface area contributed by atoms with Crippen molar-refractivity contribution in [1.29, 1.82) is 0 Å². The number of aromatic amines is 4. The molecule has 20 heteroatoms. The number of amides is 6. The van der Waals surface area contributed by atoms with Crippen LogP contribution in [0.5, 0.6) is 0 Å². The molecule has 8 heterocycles. The number of nitrogens with zero attached hydrogens (tertiary/aromatic N) is 4. The molecule has 4 aliphatic heterocycles. The van der Waals surface area contributed by atoms with Crippen molar-refractivity contribution < 1.29 is 57.7 Å². The van der Waals surface area contributed by atoms with Gasteiger partial charge in [0.15, 0.2) is 13.5 Å². The van der Waals surface area contributed by atoms with Gasteiger partial charge in [0.25, 0.3) is 23.6 Å². The maximum Gasteiger partial charge on any atom is 0.307 e. The number of hydrogen-bond donors (Lipinski definition) is 5. The summed E-state index contributed by atoms with van der Waals surface area (Å²) in [6.45, 7) is 24.9. The molecule has 0 unspecified atom stereocenters. The number of aliphatic carboxylic acids is 1. The van der Waals surface area contributed by atoms with Crippen molar-refractivity contribution in [2.24, 2.45) is 0 Å². The Hall–Kier alpha value is -11.4. The van der Waals surface area contributed by atoms with Crippen LogP contribution in [0.15, 0.2) is 109 Å². The minimum absolute atomic E-state index is 0.0517. The van der Waals surface area contributed by atoms with Gasteiger partial charge < -0.3 is 34.5 Å². The van der Waals surface area contributed by atoms with E-state index in [4.69, 9.17) is 14.6 Å². The quantitative estimate of drug-likeness (QED) is 0.0421. The van der Waals surface area contributed by atoms with E-state index in [0.29, 0.717) is 46.5 Å². The van der Waals surface area contributed by atoms with Crippen molar-refractivity contribution >= 4 is 123 Å². The number of anilines is 4. The normalized spacial score (nSPS) is 15.0. The predicted octanol–water partition coefficient (Wildman–Crippen LogP) is 14.7. The van der Waals surface area contributed by atoms with Crippen molar-refractivity contribution in [2.45, 2.75) is 141 Å². The Balaban J connectivity index is 0.000000156. The Bertz CT molecular complexity index is 4670. The number of ether oxygens (including phenoxy) is 2. The van der Waals surface area contributed by atoms with Crippen LogP contribution in [0.3, 0.4) is 0 Å². The number of fused-ring (bicyclic) bond motifs is 4. The number of aromatic nitrogens is 4. The van der Waals surface area contributed by atoms with Gasteiger partial charge >= 0.3 is 17.9 Å². The first-order valence-corrected chi connectivity index (χ1v) is 33.7. The summed E-state index contributed by atoms with van der Waals surface area (Å²) in [5.41, 5.74) is 22.5. The van der Waals surface area contributed by atoms with E-state index in [0.717, 1.165) is 114 Å². The number of para-hydroxylation sites is 4. The molecule has 4 aromatic heterocycles. The highest BCUT2D eigenvalue weighted by atomic mass is 16.5. The Morgan fingerprint density at radius 3 is 1.08 bits per heavy atom. The summed E-state index contributed by atoms with van der Waals surface area (Å²) >= 11 is 0. The number of carboxylic acids is 1. The molecule has 20 nitrogen and oxygen atoms in total. The Morgan fingerprint density at radius 1 is 0.420 bits per heavy atom. The van der Waals surface area contributed by atoms with Crippen LogP contribution in [0.2, 0.25) is 0 Å². The highest BCUT2D eigenvalue weighted by Crippen LogP contribution is 2.42. The highest BCUT2D eigenvalue weighted by Gasteiger charge is 2.39. The molecule has 0 saturated carbocycles. The molecular formula is C80H86N8O12. The van der Waals surface area contributed by atoms with Gasteiger partial charge in [-0.05, 0) is 162 Å². The zero-order valence-electron chi connectivity index (χ0n) is 59.0. The average Bonchev–Trinajstić information content (AvgIpc) is 1.63. The second kappa shape index (κ2) is 31.9. The largest absolute Gasteiger partial charge is 0.481 e. The van der Waals surface area contributed by atoms with Crippen molar-refractivity contribution in [3.63, 3.8) is 0 Å². The van der Waals surface area contributed by atoms with Gasteiger partial charge in [-0.1, -0.05) is 114 Å². The smallest absolute Gasteiger partial charge is 0.307 e. The lowest BCUT2D eigenvalue weighted by Crippen LogP contribution is -2.32. The van der Waals surface area contributed by atoms with Crippen molar-refractivity contribution in [1.82, 2.24) is 19.9 Å². The van der Waals surface area contributed by atoms with E-state index in [-0.39, 0.29) is 86.5 Å². The summed E-state index contributed by atoms with van der Waals surface area (Å²) in [5.74, 6) is -2.80. The lowest BCUT2D eigenvalue weighted by Gasteiger charge is -2.16. The van der Waals surface area contributed by atoms with Gasteiger partial charge in [0.05, 0.1) is 45.0 Å². The monoisotopic (exact) mass is 1350 g/mol. The first-order chi connectivity index (χ1) is 47.8. The Labute approximate surface area is 582 Å². The molecule has 0 aliphatic carbocycles. The van der Waals surface area contributed by atoms with E-state index >= 15 is 0 Å². The molecule has 0 spiro atoms. The summed E-state index contributed by atoms with van der Waals surface area (Å²) in [5, 5.41) is 8.94. The van der Waals surface area contributed by atoms with Crippen LogP contribution >= 0.6 is 0 Å². The standard InChI is InChI=1S/C22H26N2O3.C21H22N2O4.C19H20N2O3.C18H18N2O2/c1-5-9-16-14(3)19(23-15(16)4)12-18-17-10-7-8-11-20(17)24(22(18)26)13-27-21(25)6-2;1-4-19(24)23-18-8-6-5-7-15(18)16(21(23)27)11-17-12(2)14(13(3)22-17)9-10-20(25)26;1-4-18(22)24-11-21-17-8-6-5-7-14(17)15(19(21)23)10-16-12(2)9-13(3)20-16;1-4-17(21)20-16-8-6-5-7-13(16)14(18(20)22)10-15-11(2)9-12(3)19-15/h7-8,10-12,23H,5-6,9,13H2,1-4H3;5-8,11,22H,4,9-10H2,1-3H3,(H,25,26);5-10,20H,4,11H2,1-3H3;5-10,19H,4H2,1-3H3/b18-12-;16-11-;15-10-;14-10-. The van der Waals surface area contributed by atoms with Crippen LogP contribution in [-0.4, -0.2) is 91.9 Å². The molecule has 5 N–H and O–H groups in total. The van der Waals surface area contributed by atoms with Gasteiger partial charge in [-0.2, -0.15) is 0 Å². The SMILES string of the molecule is CCC(=O)N1C(=O)/C(=C\c2[nH]c(C)c(CCC(=O)O)c2C)c2ccccc21.CCC(=O)N1C(=O)/C(=C\c2[nH]c(C)cc2C)c2ccccc21.CCC(=O)OCN1C(=O)/C(=C\c2[nH]c(C)cc2C)c2ccccc21.CCCc1c(C)[nH]c(/C=C2\C(=O)N(COC(=O)CC)c3ccccc32)c1C. The van der Waals surface area contributed by atoms with Crippen LogP contribution in [-0.2, 0) is 65.5 Å². The molecule has 0 fully saturated rings. The molecule has 4 aromatic carbocycles. The number of carboxylic acid groups (broad SMARTS) is 1. The lowest BCUT2D eigenvalue weighted by molar-refractivity contribution is -0.144. The highest BCUT2D eigenvalue weighted by molar-refractivity contribution is 6.43. The van der Waals surface area contributed by atoms with E-state index in [1.165, 1.54) is 30.7 Å². The number of benzene rings is 4. The molecule has 100 heavy (non-hydrogen) atoms. The molecule has 4 aliphatic rings. The molecule has 6 amide bonds. The van der Waals surface area contributed by atoms with Crippen LogP contribution in [0.25, 0.3) is 46.6 Å². The fourth-order valence-corrected chi connectivity index (χ4v) is 12.7. The van der Waals surface area contributed by atoms with E-state index in [1.54, 1.807) is 45.9 Å². The first-order valence-electron chi connectivity index (χ1n) is 33.7. The third-order valence-electron chi connectivity index (χ3n) is 17.9. The Morgan fingerprint density at radius 2 is 0.750 bits per heavy atom. The van der Waals surface area contributed by atoms with Gasteiger partial charge in [-0.3, -0.25) is 53.0 Å². The molecule has 0 radical (unpaired) electrons. The maximum absolute atomic E-state index is 13.0. The second-order valence-corrected chi connectivity index (χ2v) is 24.8. The summed E-state index contributed by atoms with van der Waals surface area (Å²) in [7, 11) is 0. The second-order valence-electron chi connectivity index (χ2n) is 24.8. The van der Waals surface area contributed by atoms with E-state index in [2.05, 4.69) is 40.7 Å². The minimum atomic E-state index is -0.844. The molecule has 0 atom stereocenters. The summed E-state index contributed by atoms with van der Waals surface area (Å²) in [6.07, 6.45) is 11.1. The summed E-state index contributed by atoms with van der Waals surface area (Å²) in [4.78, 5) is 128. The van der Waals surface area contributed by atoms with Crippen LogP contribution in [0.1, 0.15) is 174 Å². The number of hydrogen-bond acceptors (Lipinski definition) is 11. The number of esters is 2. The number of rotatable bonds is 17. The topological polar surface area (TPSA) is 268 Å². The predicted molar refractivity (Wildman–Crippen MR) is 391 cm³/mol. The summed E-state index contributed by atoms with van der Waals surface area (Å²) < 4.78 is 10.4. The van der Waals surface area contributed by atoms with Gasteiger partial charge in [0.1, 0.15) is 0 Å². The van der Waals surface area contributed by atoms with Crippen molar-refractivity contribution in [2.75, 3.05) is 33.1 Å². The zero-order chi connectivity index (χ0) is 72.4. The van der Waals surface area contributed by atoms with E-state index in [1.807, 2.05) is 157 Å². The third-order valence-corrected chi connectivity index (χ3v) is 17.9. The first kappa shape index (κ1) is 72.8. The fourth-order valence-electron chi connectivity index (χ4n) is 12.7. The zero-order valence-corrected chi connectivity index (χ0v) is 59.0. The van der Waals surface area contributed by atoms with Crippen LogP contribution in [0, 0.1) is 55.4 Å². The summed E-state index contributed by atoms with van der Waals surface area (Å²) in [6, 6.07) is 33.9. The lowest BCUT2D eigenvalue weighted by atomic mass is 10.0. The van der Waals surface area contributed by atoms with E-state index in [9.17, 15) is 43.2 Å². The van der Waals surface area contributed by atoms with Crippen LogP contribution < -0.4 is 19.6 Å². The molecule has 518 valence electrons. The van der Waals surface area contributed by atoms with Gasteiger partial charge in [-0.15, -0.1) is 0 Å². The number of imide groups is 2. The molecule has 0 bridgehead atoms. The number of nitrogens with one attached hydrogen (secondary N) is 4. The van der Waals surface area contributed by atoms with Gasteiger partial charge in [0, 0.05) is 99.9 Å². The molecular weight excluding hydrogens is 1260 g/mol. The van der Waals surface area contributed by atoms with Gasteiger partial charge in [-0.25, -0.2) is 9.80 Å². The minimum Gasteiger partial charge on any atom is -0.481 e. The number of H-pyrrole nitrogens is 4. The fraction of sp³-hybridized carbons (Fsp3) is 0.287. The molecule has 0 saturated heterocycles.